The molecule has 0 bridgehead atoms. The van der Waals surface area contributed by atoms with Crippen LogP contribution in [-0.2, 0) is 22.9 Å². The number of alkyl halides is 3. The Labute approximate surface area is 155 Å². The van der Waals surface area contributed by atoms with E-state index in [1.165, 1.54) is 17.6 Å². The second kappa shape index (κ2) is 7.70. The molecule has 7 heteroatoms. The van der Waals surface area contributed by atoms with Gasteiger partial charge in [-0.2, -0.15) is 13.2 Å². The second-order valence-electron chi connectivity index (χ2n) is 6.85. The van der Waals surface area contributed by atoms with Crippen LogP contribution in [0.15, 0.2) is 54.6 Å². The van der Waals surface area contributed by atoms with Crippen LogP contribution in [0, 0.1) is 5.21 Å². The van der Waals surface area contributed by atoms with Crippen molar-refractivity contribution in [1.82, 2.24) is 10.4 Å². The van der Waals surface area contributed by atoms with Crippen molar-refractivity contribution >= 4 is 5.91 Å². The van der Waals surface area contributed by atoms with E-state index in [0.717, 1.165) is 24.2 Å². The van der Waals surface area contributed by atoms with Gasteiger partial charge in [0.1, 0.15) is 0 Å². The van der Waals surface area contributed by atoms with Crippen LogP contribution in [0.5, 0.6) is 0 Å². The summed E-state index contributed by atoms with van der Waals surface area (Å²) in [6.45, 7) is 1.87. The number of likely N-dealkylation sites (tertiary alicyclic amines) is 1. The van der Waals surface area contributed by atoms with Gasteiger partial charge in [-0.3, -0.25) is 9.69 Å². The van der Waals surface area contributed by atoms with E-state index in [1.54, 1.807) is 0 Å². The standard InChI is InChI=1S/C20H20F3N2O2/c21-20(22,23)17-8-6-16(7-9-17)19(18(26)24-27)10-12-25(13-11-19)14-15-4-2-1-3-5-15/h1-9H,10-14H2,(H-,24,26,27)/q-1. The minimum absolute atomic E-state index is 0.374. The number of amides is 1. The molecule has 2 aromatic carbocycles. The Morgan fingerprint density at radius 3 is 2.15 bits per heavy atom. The van der Waals surface area contributed by atoms with Gasteiger partial charge in [-0.1, -0.05) is 42.5 Å². The Kier molecular flexibility index (Phi) is 5.53. The van der Waals surface area contributed by atoms with Crippen molar-refractivity contribution in [1.29, 1.82) is 0 Å². The molecule has 0 atom stereocenters. The molecule has 4 nitrogen and oxygen atoms in total. The van der Waals surface area contributed by atoms with Crippen LogP contribution < -0.4 is 5.48 Å². The first kappa shape index (κ1) is 19.4. The van der Waals surface area contributed by atoms with Crippen LogP contribution in [-0.4, -0.2) is 23.9 Å². The zero-order valence-corrected chi connectivity index (χ0v) is 14.6. The maximum Gasteiger partial charge on any atom is 0.416 e. The third-order valence-electron chi connectivity index (χ3n) is 5.25. The fraction of sp³-hybridized carbons (Fsp3) is 0.350. The van der Waals surface area contributed by atoms with Crippen molar-refractivity contribution in [3.8, 4) is 0 Å². The molecule has 1 heterocycles. The Balaban J connectivity index is 1.78. The fourth-order valence-electron chi connectivity index (χ4n) is 3.66. The molecule has 1 fully saturated rings. The third-order valence-corrected chi connectivity index (χ3v) is 5.25. The van der Waals surface area contributed by atoms with Crippen molar-refractivity contribution in [2.24, 2.45) is 0 Å². The first-order valence-electron chi connectivity index (χ1n) is 8.72. The summed E-state index contributed by atoms with van der Waals surface area (Å²) in [5.41, 5.74) is 1.18. The molecule has 3 rings (SSSR count). The molecule has 27 heavy (non-hydrogen) atoms. The van der Waals surface area contributed by atoms with Gasteiger partial charge in [0.2, 0.25) is 5.91 Å². The first-order valence-corrected chi connectivity index (χ1v) is 8.72. The van der Waals surface area contributed by atoms with Crippen LogP contribution in [0.3, 0.4) is 0 Å². The zero-order chi connectivity index (χ0) is 19.5. The molecular weight excluding hydrogens is 357 g/mol. The summed E-state index contributed by atoms with van der Waals surface area (Å²) in [5, 5.41) is 11.1. The molecular formula is C20H20F3N2O2-. The summed E-state index contributed by atoms with van der Waals surface area (Å²) in [4.78, 5) is 14.5. The average molecular weight is 377 g/mol. The van der Waals surface area contributed by atoms with E-state index in [0.29, 0.717) is 31.5 Å². The van der Waals surface area contributed by atoms with Gasteiger partial charge >= 0.3 is 6.18 Å². The van der Waals surface area contributed by atoms with Crippen LogP contribution >= 0.6 is 0 Å². The number of nitrogens with zero attached hydrogens (tertiary/aromatic N) is 1. The number of benzene rings is 2. The van der Waals surface area contributed by atoms with Crippen molar-refractivity contribution in [3.63, 3.8) is 0 Å². The molecule has 1 amide bonds. The molecule has 144 valence electrons. The number of rotatable bonds is 4. The van der Waals surface area contributed by atoms with E-state index in [1.807, 2.05) is 30.3 Å². The van der Waals surface area contributed by atoms with E-state index in [9.17, 15) is 23.2 Å². The maximum atomic E-state index is 12.8. The highest BCUT2D eigenvalue weighted by atomic mass is 19.4. The topological polar surface area (TPSA) is 55.4 Å². The van der Waals surface area contributed by atoms with Gasteiger partial charge in [-0.15, -0.1) is 0 Å². The summed E-state index contributed by atoms with van der Waals surface area (Å²) >= 11 is 0. The number of hydroxylamine groups is 1. The molecule has 1 aliphatic heterocycles. The van der Waals surface area contributed by atoms with Gasteiger partial charge < -0.3 is 10.7 Å². The van der Waals surface area contributed by atoms with Crippen molar-refractivity contribution in [2.45, 2.75) is 31.0 Å². The van der Waals surface area contributed by atoms with Crippen LogP contribution in [0.25, 0.3) is 0 Å². The SMILES string of the molecule is O=C(N[O-])C1(c2ccc(C(F)(F)F)cc2)CCN(Cc2ccccc2)CC1. The third kappa shape index (κ3) is 4.14. The van der Waals surface area contributed by atoms with E-state index in [-0.39, 0.29) is 0 Å². The quantitative estimate of drug-likeness (QED) is 0.824. The summed E-state index contributed by atoms with van der Waals surface area (Å²) in [7, 11) is 0. The highest BCUT2D eigenvalue weighted by molar-refractivity contribution is 5.88. The molecule has 1 N–H and O–H groups in total. The van der Waals surface area contributed by atoms with Crippen LogP contribution in [0.2, 0.25) is 0 Å². The number of carbonyl (C=O) groups is 1. The highest BCUT2D eigenvalue weighted by Crippen LogP contribution is 2.38. The van der Waals surface area contributed by atoms with E-state index in [2.05, 4.69) is 4.90 Å². The monoisotopic (exact) mass is 377 g/mol. The summed E-state index contributed by atoms with van der Waals surface area (Å²) in [6.07, 6.45) is -3.69. The zero-order valence-electron chi connectivity index (χ0n) is 14.6. The fourth-order valence-corrected chi connectivity index (χ4v) is 3.66. The molecule has 1 aliphatic rings. The van der Waals surface area contributed by atoms with E-state index >= 15 is 0 Å². The minimum Gasteiger partial charge on any atom is -0.759 e. The molecule has 1 saturated heterocycles. The smallest absolute Gasteiger partial charge is 0.416 e. The number of halogens is 3. The lowest BCUT2D eigenvalue weighted by molar-refractivity contribution is -0.137. The Morgan fingerprint density at radius 2 is 1.63 bits per heavy atom. The largest absolute Gasteiger partial charge is 0.759 e. The Morgan fingerprint density at radius 1 is 1.04 bits per heavy atom. The molecule has 0 aliphatic carbocycles. The Hall–Kier alpha value is -2.38. The van der Waals surface area contributed by atoms with E-state index in [4.69, 9.17) is 0 Å². The molecule has 0 saturated carbocycles. The molecule has 2 aromatic rings. The lowest BCUT2D eigenvalue weighted by atomic mass is 9.72. The molecule has 0 aromatic heterocycles. The van der Waals surface area contributed by atoms with Gasteiger partial charge in [-0.05, 0) is 49.2 Å². The maximum absolute atomic E-state index is 12.8. The number of nitrogens with one attached hydrogen (secondary N) is 1. The van der Waals surface area contributed by atoms with Gasteiger partial charge in [0.25, 0.3) is 0 Å². The predicted octanol–water partition coefficient (Wildman–Crippen LogP) is 3.85. The summed E-state index contributed by atoms with van der Waals surface area (Å²) in [6, 6.07) is 14.4. The number of hydrogen-bond acceptors (Lipinski definition) is 3. The van der Waals surface area contributed by atoms with Crippen LogP contribution in [0.4, 0.5) is 13.2 Å². The van der Waals surface area contributed by atoms with Gasteiger partial charge in [0, 0.05) is 6.54 Å². The average Bonchev–Trinajstić information content (AvgIpc) is 2.68. The van der Waals surface area contributed by atoms with Gasteiger partial charge in [0.05, 0.1) is 11.0 Å². The predicted molar refractivity (Wildman–Crippen MR) is 95.6 cm³/mol. The second-order valence-corrected chi connectivity index (χ2v) is 6.85. The van der Waals surface area contributed by atoms with Crippen molar-refractivity contribution < 1.29 is 18.0 Å². The molecule has 0 spiro atoms. The lowest BCUT2D eigenvalue weighted by Crippen LogP contribution is -2.50. The summed E-state index contributed by atoms with van der Waals surface area (Å²) in [5.74, 6) is -0.693. The first-order chi connectivity index (χ1) is 12.8. The molecule has 0 unspecified atom stereocenters. The number of carbonyl (C=O) groups excluding carboxylic acids is 1. The normalized spacial score (nSPS) is 17.5. The van der Waals surface area contributed by atoms with Crippen LogP contribution in [0.1, 0.15) is 29.5 Å². The minimum atomic E-state index is -4.44. The van der Waals surface area contributed by atoms with Crippen molar-refractivity contribution in [3.05, 3.63) is 76.5 Å². The van der Waals surface area contributed by atoms with E-state index < -0.39 is 23.1 Å². The summed E-state index contributed by atoms with van der Waals surface area (Å²) < 4.78 is 38.4. The van der Waals surface area contributed by atoms with Gasteiger partial charge in [0.15, 0.2) is 0 Å². The lowest BCUT2D eigenvalue weighted by Gasteiger charge is -2.42. The number of piperidine rings is 1. The number of hydrogen-bond donors (Lipinski definition) is 1. The molecule has 0 radical (unpaired) electrons. The Bertz CT molecular complexity index is 768. The van der Waals surface area contributed by atoms with Gasteiger partial charge in [-0.25, -0.2) is 0 Å². The highest BCUT2D eigenvalue weighted by Gasteiger charge is 2.42. The van der Waals surface area contributed by atoms with Crippen molar-refractivity contribution in [2.75, 3.05) is 13.1 Å².